The normalized spacial score (nSPS) is 12.5. The number of sulfone groups is 1. The van der Waals surface area contributed by atoms with E-state index in [0.717, 1.165) is 6.26 Å². The van der Waals surface area contributed by atoms with Crippen LogP contribution in [0.2, 0.25) is 0 Å². The molecule has 5 heteroatoms. The molecule has 0 N–H and O–H groups in total. The first-order chi connectivity index (χ1) is 6.77. The van der Waals surface area contributed by atoms with Crippen molar-refractivity contribution < 1.29 is 8.42 Å². The molecule has 0 unspecified atom stereocenters. The monoisotopic (exact) mass is 227 g/mol. The Balaban J connectivity index is 3.32. The quantitative estimate of drug-likeness (QED) is 0.743. The molecule has 0 atom stereocenters. The average molecular weight is 227 g/mol. The van der Waals surface area contributed by atoms with Gasteiger partial charge in [-0.15, -0.1) is 4.91 Å². The zero-order chi connectivity index (χ0) is 11.7. The summed E-state index contributed by atoms with van der Waals surface area (Å²) in [4.78, 5) is 10.8. The Morgan fingerprint density at radius 2 is 1.87 bits per heavy atom. The van der Waals surface area contributed by atoms with Gasteiger partial charge in [-0.1, -0.05) is 17.3 Å². The maximum absolute atomic E-state index is 11.3. The second-order valence-corrected chi connectivity index (χ2v) is 5.97. The summed E-state index contributed by atoms with van der Waals surface area (Å²) in [5.41, 5.74) is -0.304. The second-order valence-electron chi connectivity index (χ2n) is 3.95. The molecule has 1 rings (SSSR count). The van der Waals surface area contributed by atoms with Crippen LogP contribution in [-0.4, -0.2) is 14.7 Å². The lowest BCUT2D eigenvalue weighted by Crippen LogP contribution is -2.13. The third-order valence-electron chi connectivity index (χ3n) is 2.20. The highest BCUT2D eigenvalue weighted by Crippen LogP contribution is 2.26. The Morgan fingerprint density at radius 1 is 1.27 bits per heavy atom. The van der Waals surface area contributed by atoms with E-state index in [1.54, 1.807) is 26.0 Å². The molecule has 4 nitrogen and oxygen atoms in total. The number of hydrogen-bond donors (Lipinski definition) is 0. The Morgan fingerprint density at radius 3 is 2.33 bits per heavy atom. The molecule has 0 radical (unpaired) electrons. The van der Waals surface area contributed by atoms with Crippen molar-refractivity contribution in [3.63, 3.8) is 0 Å². The largest absolute Gasteiger partial charge is 0.224 e. The highest BCUT2D eigenvalue weighted by Gasteiger charge is 2.22. The molecule has 0 aliphatic rings. The van der Waals surface area contributed by atoms with Gasteiger partial charge in [0, 0.05) is 6.26 Å². The molecule has 0 amide bonds. The average Bonchev–Trinajstić information content (AvgIpc) is 2.17. The minimum absolute atomic E-state index is 0.205. The predicted molar refractivity (Wildman–Crippen MR) is 58.4 cm³/mol. The second kappa shape index (κ2) is 3.73. The van der Waals surface area contributed by atoms with Gasteiger partial charge in [-0.3, -0.25) is 0 Å². The summed E-state index contributed by atoms with van der Waals surface area (Å²) < 4.78 is 22.6. The van der Waals surface area contributed by atoms with Crippen molar-refractivity contribution in [2.75, 3.05) is 6.26 Å². The molecule has 0 aliphatic heterocycles. The molecule has 82 valence electrons. The summed E-state index contributed by atoms with van der Waals surface area (Å²) in [6.07, 6.45) is 1.13. The molecular weight excluding hydrogens is 214 g/mol. The van der Waals surface area contributed by atoms with Gasteiger partial charge in [0.2, 0.25) is 0 Å². The Hall–Kier alpha value is -1.23. The number of benzene rings is 1. The van der Waals surface area contributed by atoms with Crippen LogP contribution >= 0.6 is 0 Å². The van der Waals surface area contributed by atoms with E-state index in [2.05, 4.69) is 5.18 Å². The first-order valence-corrected chi connectivity index (χ1v) is 6.31. The minimum atomic E-state index is -3.24. The fraction of sp³-hybridized carbons (Fsp3) is 0.400. The van der Waals surface area contributed by atoms with E-state index in [9.17, 15) is 13.3 Å². The molecule has 0 heterocycles. The summed E-state index contributed by atoms with van der Waals surface area (Å²) >= 11 is 0. The highest BCUT2D eigenvalue weighted by molar-refractivity contribution is 7.90. The van der Waals surface area contributed by atoms with Crippen LogP contribution in [0.3, 0.4) is 0 Å². The molecule has 0 fully saturated rings. The lowest BCUT2D eigenvalue weighted by molar-refractivity contribution is 0.550. The van der Waals surface area contributed by atoms with E-state index in [-0.39, 0.29) is 4.90 Å². The SMILES string of the molecule is CC(C)(N=O)c1cccc(S(C)(=O)=O)c1. The van der Waals surface area contributed by atoms with Crippen molar-refractivity contribution in [1.82, 2.24) is 0 Å². The molecule has 0 aromatic heterocycles. The smallest absolute Gasteiger partial charge is 0.175 e. The first-order valence-electron chi connectivity index (χ1n) is 4.42. The predicted octanol–water partition coefficient (Wildman–Crippen LogP) is 2.09. The van der Waals surface area contributed by atoms with Gasteiger partial charge in [0.15, 0.2) is 9.84 Å². The van der Waals surface area contributed by atoms with Crippen LogP contribution in [0.25, 0.3) is 0 Å². The van der Waals surface area contributed by atoms with Gasteiger partial charge in [-0.25, -0.2) is 8.42 Å². The van der Waals surface area contributed by atoms with Crippen LogP contribution in [0.1, 0.15) is 19.4 Å². The summed E-state index contributed by atoms with van der Waals surface area (Å²) in [5.74, 6) is 0. The number of hydrogen-bond acceptors (Lipinski definition) is 4. The van der Waals surface area contributed by atoms with Crippen molar-refractivity contribution in [2.45, 2.75) is 24.3 Å². The van der Waals surface area contributed by atoms with Gasteiger partial charge in [0.25, 0.3) is 0 Å². The standard InChI is InChI=1S/C10H13NO3S/c1-10(2,11-12)8-5-4-6-9(7-8)15(3,13)14/h4-7H,1-3H3. The topological polar surface area (TPSA) is 63.6 Å². The van der Waals surface area contributed by atoms with Crippen LogP contribution in [0.15, 0.2) is 34.3 Å². The minimum Gasteiger partial charge on any atom is -0.224 e. The van der Waals surface area contributed by atoms with Gasteiger partial charge < -0.3 is 0 Å². The van der Waals surface area contributed by atoms with Crippen molar-refractivity contribution >= 4 is 9.84 Å². The third kappa shape index (κ3) is 2.62. The van der Waals surface area contributed by atoms with Gasteiger partial charge in [-0.2, -0.15) is 0 Å². The van der Waals surface area contributed by atoms with Gasteiger partial charge >= 0.3 is 0 Å². The maximum Gasteiger partial charge on any atom is 0.175 e. The Bertz CT molecular complexity index is 477. The van der Waals surface area contributed by atoms with E-state index >= 15 is 0 Å². The third-order valence-corrected chi connectivity index (χ3v) is 3.31. The first kappa shape index (κ1) is 11.8. The van der Waals surface area contributed by atoms with Crippen LogP contribution in [0.4, 0.5) is 0 Å². The molecule has 0 bridgehead atoms. The zero-order valence-corrected chi connectivity index (χ0v) is 9.71. The van der Waals surface area contributed by atoms with Crippen molar-refractivity contribution in [2.24, 2.45) is 5.18 Å². The summed E-state index contributed by atoms with van der Waals surface area (Å²) in [6, 6.07) is 6.28. The van der Waals surface area contributed by atoms with E-state index in [1.165, 1.54) is 12.1 Å². The molecule has 0 saturated heterocycles. The Labute approximate surface area is 89.2 Å². The van der Waals surface area contributed by atoms with Crippen LogP contribution in [-0.2, 0) is 15.4 Å². The van der Waals surface area contributed by atoms with Crippen LogP contribution in [0.5, 0.6) is 0 Å². The highest BCUT2D eigenvalue weighted by atomic mass is 32.2. The molecule has 0 saturated carbocycles. The summed E-state index contributed by atoms with van der Waals surface area (Å²) in [5, 5.41) is 2.97. The maximum atomic E-state index is 11.3. The fourth-order valence-electron chi connectivity index (χ4n) is 1.16. The Kier molecular flexibility index (Phi) is 2.95. The van der Waals surface area contributed by atoms with Crippen molar-refractivity contribution in [3.8, 4) is 0 Å². The molecule has 0 spiro atoms. The molecule has 1 aromatic carbocycles. The van der Waals surface area contributed by atoms with E-state index in [1.807, 2.05) is 0 Å². The molecule has 0 aliphatic carbocycles. The number of nitroso groups, excluding NO2 is 1. The lowest BCUT2D eigenvalue weighted by Gasteiger charge is -2.16. The number of nitrogens with zero attached hydrogens (tertiary/aromatic N) is 1. The van der Waals surface area contributed by atoms with E-state index in [0.29, 0.717) is 5.56 Å². The summed E-state index contributed by atoms with van der Waals surface area (Å²) in [7, 11) is -3.24. The van der Waals surface area contributed by atoms with Gasteiger partial charge in [-0.05, 0) is 31.5 Å². The summed E-state index contributed by atoms with van der Waals surface area (Å²) in [6.45, 7) is 3.28. The van der Waals surface area contributed by atoms with Gasteiger partial charge in [0.05, 0.1) is 4.90 Å². The van der Waals surface area contributed by atoms with Crippen LogP contribution in [0, 0.1) is 4.91 Å². The van der Waals surface area contributed by atoms with Crippen LogP contribution < -0.4 is 0 Å². The lowest BCUT2D eigenvalue weighted by atomic mass is 9.96. The van der Waals surface area contributed by atoms with Gasteiger partial charge in [0.1, 0.15) is 5.54 Å². The zero-order valence-electron chi connectivity index (χ0n) is 8.89. The molecule has 1 aromatic rings. The van der Waals surface area contributed by atoms with Crippen molar-refractivity contribution in [1.29, 1.82) is 0 Å². The molecular formula is C10H13NO3S. The molecule has 15 heavy (non-hydrogen) atoms. The fourth-order valence-corrected chi connectivity index (χ4v) is 1.83. The van der Waals surface area contributed by atoms with Crippen molar-refractivity contribution in [3.05, 3.63) is 34.7 Å². The number of rotatable bonds is 3. The van der Waals surface area contributed by atoms with E-state index in [4.69, 9.17) is 0 Å². The van der Waals surface area contributed by atoms with E-state index < -0.39 is 15.4 Å².